The highest BCUT2D eigenvalue weighted by Gasteiger charge is 2.42. The van der Waals surface area contributed by atoms with Gasteiger partial charge in [0.25, 0.3) is 0 Å². The van der Waals surface area contributed by atoms with Gasteiger partial charge in [-0.2, -0.15) is 0 Å². The van der Waals surface area contributed by atoms with Gasteiger partial charge in [0.2, 0.25) is 0 Å². The quantitative estimate of drug-likeness (QED) is 0.614. The maximum absolute atomic E-state index is 9.39. The Morgan fingerprint density at radius 2 is 2.15 bits per heavy atom. The zero-order valence-corrected chi connectivity index (χ0v) is 7.93. The van der Waals surface area contributed by atoms with E-state index in [1.165, 1.54) is 0 Å². The molecule has 2 N–H and O–H groups in total. The molecule has 0 aromatic heterocycles. The van der Waals surface area contributed by atoms with Crippen LogP contribution in [0, 0.1) is 0 Å². The van der Waals surface area contributed by atoms with Gasteiger partial charge in [-0.1, -0.05) is 6.08 Å². The third kappa shape index (κ3) is 2.28. The molecule has 0 spiro atoms. The summed E-state index contributed by atoms with van der Waals surface area (Å²) in [5.41, 5.74) is 0. The first-order valence-corrected chi connectivity index (χ1v) is 4.27. The molecule has 0 aromatic rings. The van der Waals surface area contributed by atoms with Gasteiger partial charge in [-0.25, -0.2) is 0 Å². The molecule has 1 aliphatic heterocycles. The SMILES string of the molecule is C=C[C@@H]1OC(C)(C)O[C@@H]1[C@H](O)CO. The molecule has 4 nitrogen and oxygen atoms in total. The molecule has 3 atom stereocenters. The van der Waals surface area contributed by atoms with Gasteiger partial charge in [0.1, 0.15) is 18.3 Å². The van der Waals surface area contributed by atoms with Gasteiger partial charge in [-0.15, -0.1) is 6.58 Å². The molecule has 1 heterocycles. The van der Waals surface area contributed by atoms with Crippen LogP contribution in [0.4, 0.5) is 0 Å². The number of ether oxygens (including phenoxy) is 2. The van der Waals surface area contributed by atoms with Crippen molar-refractivity contribution in [2.45, 2.75) is 37.9 Å². The minimum Gasteiger partial charge on any atom is -0.394 e. The third-order valence-electron chi connectivity index (χ3n) is 1.96. The molecule has 1 aliphatic rings. The standard InChI is InChI=1S/C9H16O4/c1-4-7-8(6(11)5-10)13-9(2,3)12-7/h4,6-8,10-11H,1,5H2,2-3H3/t6-,7+,8-/m1/s1. The summed E-state index contributed by atoms with van der Waals surface area (Å²) in [5, 5.41) is 18.1. The zero-order valence-electron chi connectivity index (χ0n) is 7.93. The molecule has 0 unspecified atom stereocenters. The fraction of sp³-hybridized carbons (Fsp3) is 0.778. The Bertz CT molecular complexity index is 190. The highest BCUT2D eigenvalue weighted by molar-refractivity contribution is 4.96. The average molecular weight is 188 g/mol. The maximum atomic E-state index is 9.39. The van der Waals surface area contributed by atoms with Crippen LogP contribution < -0.4 is 0 Å². The van der Waals surface area contributed by atoms with Crippen molar-refractivity contribution in [3.63, 3.8) is 0 Å². The van der Waals surface area contributed by atoms with Crippen LogP contribution in [-0.2, 0) is 9.47 Å². The summed E-state index contributed by atoms with van der Waals surface area (Å²) < 4.78 is 10.8. The van der Waals surface area contributed by atoms with Gasteiger partial charge in [0, 0.05) is 0 Å². The molecular formula is C9H16O4. The predicted octanol–water partition coefficient (Wildman–Crippen LogP) is 0.0457. The van der Waals surface area contributed by atoms with Gasteiger partial charge in [0.05, 0.1) is 6.61 Å². The fourth-order valence-electron chi connectivity index (χ4n) is 1.40. The van der Waals surface area contributed by atoms with Crippen molar-refractivity contribution in [3.8, 4) is 0 Å². The van der Waals surface area contributed by atoms with Crippen molar-refractivity contribution in [2.24, 2.45) is 0 Å². The molecule has 0 saturated carbocycles. The van der Waals surface area contributed by atoms with E-state index in [4.69, 9.17) is 14.6 Å². The monoisotopic (exact) mass is 188 g/mol. The molecule has 0 aromatic carbocycles. The van der Waals surface area contributed by atoms with Crippen molar-refractivity contribution >= 4 is 0 Å². The van der Waals surface area contributed by atoms with Crippen molar-refractivity contribution in [2.75, 3.05) is 6.61 Å². The Labute approximate surface area is 77.8 Å². The average Bonchev–Trinajstić information content (AvgIpc) is 2.39. The molecule has 0 amide bonds. The Morgan fingerprint density at radius 1 is 1.54 bits per heavy atom. The van der Waals surface area contributed by atoms with E-state index < -0.39 is 18.0 Å². The Kier molecular flexibility index (Phi) is 3.08. The van der Waals surface area contributed by atoms with Crippen LogP contribution in [0.1, 0.15) is 13.8 Å². The van der Waals surface area contributed by atoms with Crippen LogP contribution in [0.5, 0.6) is 0 Å². The maximum Gasteiger partial charge on any atom is 0.164 e. The Balaban J connectivity index is 2.68. The fourth-order valence-corrected chi connectivity index (χ4v) is 1.40. The number of hydrogen-bond acceptors (Lipinski definition) is 4. The topological polar surface area (TPSA) is 58.9 Å². The van der Waals surface area contributed by atoms with Crippen molar-refractivity contribution < 1.29 is 19.7 Å². The summed E-state index contributed by atoms with van der Waals surface area (Å²) in [5.74, 6) is -0.723. The lowest BCUT2D eigenvalue weighted by Gasteiger charge is -2.19. The van der Waals surface area contributed by atoms with E-state index in [1.54, 1.807) is 19.9 Å². The molecule has 13 heavy (non-hydrogen) atoms. The molecule has 4 heteroatoms. The summed E-state index contributed by atoms with van der Waals surface area (Å²) in [6.07, 6.45) is -0.252. The van der Waals surface area contributed by atoms with Crippen molar-refractivity contribution in [3.05, 3.63) is 12.7 Å². The normalized spacial score (nSPS) is 34.5. The summed E-state index contributed by atoms with van der Waals surface area (Å²) in [6, 6.07) is 0. The third-order valence-corrected chi connectivity index (χ3v) is 1.96. The molecule has 1 saturated heterocycles. The smallest absolute Gasteiger partial charge is 0.164 e. The van der Waals surface area contributed by atoms with Crippen LogP contribution in [-0.4, -0.2) is 40.9 Å². The van der Waals surface area contributed by atoms with Crippen LogP contribution in [0.2, 0.25) is 0 Å². The molecule has 0 bridgehead atoms. The Hall–Kier alpha value is -0.420. The van der Waals surface area contributed by atoms with Gasteiger partial charge < -0.3 is 19.7 Å². The van der Waals surface area contributed by atoms with E-state index in [1.807, 2.05) is 0 Å². The number of hydrogen-bond donors (Lipinski definition) is 2. The van der Waals surface area contributed by atoms with Crippen LogP contribution in [0.3, 0.4) is 0 Å². The summed E-state index contributed by atoms with van der Waals surface area (Å²) in [4.78, 5) is 0. The largest absolute Gasteiger partial charge is 0.394 e. The van der Waals surface area contributed by atoms with Crippen LogP contribution >= 0.6 is 0 Å². The molecule has 0 radical (unpaired) electrons. The lowest BCUT2D eigenvalue weighted by atomic mass is 10.1. The van der Waals surface area contributed by atoms with Crippen molar-refractivity contribution in [1.29, 1.82) is 0 Å². The van der Waals surface area contributed by atoms with E-state index in [9.17, 15) is 5.11 Å². The van der Waals surface area contributed by atoms with Gasteiger partial charge in [-0.05, 0) is 13.8 Å². The van der Waals surface area contributed by atoms with Gasteiger partial charge in [0.15, 0.2) is 5.79 Å². The lowest BCUT2D eigenvalue weighted by molar-refractivity contribution is -0.155. The summed E-state index contributed by atoms with van der Waals surface area (Å²) in [6.45, 7) is 6.75. The first kappa shape index (κ1) is 10.7. The van der Waals surface area contributed by atoms with Crippen LogP contribution in [0.15, 0.2) is 12.7 Å². The van der Waals surface area contributed by atoms with Gasteiger partial charge in [-0.3, -0.25) is 0 Å². The van der Waals surface area contributed by atoms with Crippen molar-refractivity contribution in [1.82, 2.24) is 0 Å². The van der Waals surface area contributed by atoms with E-state index in [0.717, 1.165) is 0 Å². The number of aliphatic hydroxyl groups is 2. The highest BCUT2D eigenvalue weighted by atomic mass is 16.8. The molecule has 76 valence electrons. The second kappa shape index (κ2) is 3.75. The molecule has 1 rings (SSSR count). The molecule has 0 aliphatic carbocycles. The second-order valence-corrected chi connectivity index (χ2v) is 3.55. The van der Waals surface area contributed by atoms with Crippen LogP contribution in [0.25, 0.3) is 0 Å². The minimum atomic E-state index is -0.926. The molecule has 1 fully saturated rings. The highest BCUT2D eigenvalue weighted by Crippen LogP contribution is 2.30. The summed E-state index contributed by atoms with van der Waals surface area (Å²) >= 11 is 0. The first-order valence-electron chi connectivity index (χ1n) is 4.27. The van der Waals surface area contributed by atoms with E-state index in [-0.39, 0.29) is 12.7 Å². The number of rotatable bonds is 3. The van der Waals surface area contributed by atoms with E-state index in [0.29, 0.717) is 0 Å². The van der Waals surface area contributed by atoms with Gasteiger partial charge >= 0.3 is 0 Å². The first-order chi connectivity index (χ1) is 6.00. The van der Waals surface area contributed by atoms with E-state index >= 15 is 0 Å². The second-order valence-electron chi connectivity index (χ2n) is 3.55. The Morgan fingerprint density at radius 3 is 2.62 bits per heavy atom. The summed E-state index contributed by atoms with van der Waals surface area (Å²) in [7, 11) is 0. The predicted molar refractivity (Wildman–Crippen MR) is 47.1 cm³/mol. The zero-order chi connectivity index (χ0) is 10.1. The number of aliphatic hydroxyl groups excluding tert-OH is 2. The lowest BCUT2D eigenvalue weighted by Crippen LogP contribution is -2.36. The molecular weight excluding hydrogens is 172 g/mol. The van der Waals surface area contributed by atoms with E-state index in [2.05, 4.69) is 6.58 Å². The minimum absolute atomic E-state index is 0.339.